The number of nitrogens with zero attached hydrogens (tertiary/aromatic N) is 2. The van der Waals surface area contributed by atoms with Crippen LogP contribution in [-0.2, 0) is 6.54 Å². The van der Waals surface area contributed by atoms with E-state index in [2.05, 4.69) is 27.5 Å². The van der Waals surface area contributed by atoms with Crippen molar-refractivity contribution in [3.05, 3.63) is 53.9 Å². The van der Waals surface area contributed by atoms with Crippen LogP contribution in [0.4, 0.5) is 5.95 Å². The van der Waals surface area contributed by atoms with Gasteiger partial charge in [-0.3, -0.25) is 0 Å². The van der Waals surface area contributed by atoms with Gasteiger partial charge in [0.1, 0.15) is 0 Å². The Labute approximate surface area is 125 Å². The molecule has 0 saturated carbocycles. The number of hydrogen-bond acceptors (Lipinski definition) is 5. The van der Waals surface area contributed by atoms with Crippen LogP contribution in [0.5, 0.6) is 0 Å². The lowest BCUT2D eigenvalue weighted by Crippen LogP contribution is -2.21. The minimum absolute atomic E-state index is 0.500. The van der Waals surface area contributed by atoms with Crippen LogP contribution in [-0.4, -0.2) is 28.2 Å². The SMILES string of the molecule is CCCNc1ncc(CNC[C@@H](O)c2ccccc2)cn1. The van der Waals surface area contributed by atoms with Crippen molar-refractivity contribution in [2.75, 3.05) is 18.4 Å². The molecule has 3 N–H and O–H groups in total. The fourth-order valence-electron chi connectivity index (χ4n) is 1.92. The summed E-state index contributed by atoms with van der Waals surface area (Å²) in [7, 11) is 0. The normalized spacial score (nSPS) is 12.1. The summed E-state index contributed by atoms with van der Waals surface area (Å²) in [4.78, 5) is 8.49. The molecule has 0 aliphatic carbocycles. The van der Waals surface area contributed by atoms with Gasteiger partial charge in [-0.1, -0.05) is 37.3 Å². The monoisotopic (exact) mass is 286 g/mol. The molecule has 2 rings (SSSR count). The van der Waals surface area contributed by atoms with E-state index in [4.69, 9.17) is 0 Å². The molecule has 112 valence electrons. The highest BCUT2D eigenvalue weighted by Gasteiger charge is 2.06. The molecule has 2 aromatic rings. The van der Waals surface area contributed by atoms with Crippen LogP contribution in [0.1, 0.15) is 30.6 Å². The number of aliphatic hydroxyl groups excluding tert-OH is 1. The van der Waals surface area contributed by atoms with Crippen LogP contribution in [0.15, 0.2) is 42.7 Å². The van der Waals surface area contributed by atoms with Crippen LogP contribution < -0.4 is 10.6 Å². The van der Waals surface area contributed by atoms with Crippen LogP contribution >= 0.6 is 0 Å². The van der Waals surface area contributed by atoms with Crippen LogP contribution in [0.25, 0.3) is 0 Å². The maximum atomic E-state index is 10.0. The molecule has 0 aliphatic rings. The molecular formula is C16H22N4O. The standard InChI is InChI=1S/C16H22N4O/c1-2-8-18-16-19-10-13(11-20-16)9-17-12-15(21)14-6-4-3-5-7-14/h3-7,10-11,15,17,21H,2,8-9,12H2,1H3,(H,18,19,20)/t15-/m1/s1. The lowest BCUT2D eigenvalue weighted by atomic mass is 10.1. The zero-order valence-corrected chi connectivity index (χ0v) is 12.3. The first kappa shape index (κ1) is 15.4. The Bertz CT molecular complexity index is 516. The van der Waals surface area contributed by atoms with Crippen LogP contribution in [0, 0.1) is 0 Å². The Morgan fingerprint density at radius 3 is 2.52 bits per heavy atom. The smallest absolute Gasteiger partial charge is 0.222 e. The van der Waals surface area contributed by atoms with E-state index in [1.807, 2.05) is 30.3 Å². The van der Waals surface area contributed by atoms with E-state index < -0.39 is 6.10 Å². The second-order valence-electron chi connectivity index (χ2n) is 4.90. The molecular weight excluding hydrogens is 264 g/mol. The molecule has 21 heavy (non-hydrogen) atoms. The number of benzene rings is 1. The second kappa shape index (κ2) is 8.34. The summed E-state index contributed by atoms with van der Waals surface area (Å²) in [6.45, 7) is 4.11. The largest absolute Gasteiger partial charge is 0.387 e. The molecule has 0 unspecified atom stereocenters. The second-order valence-corrected chi connectivity index (χ2v) is 4.90. The number of aliphatic hydroxyl groups is 1. The van der Waals surface area contributed by atoms with Crippen LogP contribution in [0.3, 0.4) is 0 Å². The molecule has 5 nitrogen and oxygen atoms in total. The maximum Gasteiger partial charge on any atom is 0.222 e. The molecule has 0 aliphatic heterocycles. The van der Waals surface area contributed by atoms with Gasteiger partial charge in [-0.25, -0.2) is 9.97 Å². The summed E-state index contributed by atoms with van der Waals surface area (Å²) in [5.74, 6) is 0.657. The van der Waals surface area contributed by atoms with E-state index in [-0.39, 0.29) is 0 Å². The lowest BCUT2D eigenvalue weighted by molar-refractivity contribution is 0.174. The Balaban J connectivity index is 1.75. The third kappa shape index (κ3) is 5.13. The molecule has 5 heteroatoms. The maximum absolute atomic E-state index is 10.0. The third-order valence-corrected chi connectivity index (χ3v) is 3.09. The Morgan fingerprint density at radius 1 is 1.14 bits per heavy atom. The molecule has 1 aromatic heterocycles. The summed E-state index contributed by atoms with van der Waals surface area (Å²) in [6, 6.07) is 9.63. The van der Waals surface area contributed by atoms with E-state index in [1.165, 1.54) is 0 Å². The highest BCUT2D eigenvalue weighted by Crippen LogP contribution is 2.10. The summed E-state index contributed by atoms with van der Waals surface area (Å²) in [5, 5.41) is 16.4. The van der Waals surface area contributed by atoms with Gasteiger partial charge in [-0.05, 0) is 12.0 Å². The average molecular weight is 286 g/mol. The molecule has 1 atom stereocenters. The number of aromatic nitrogens is 2. The Morgan fingerprint density at radius 2 is 1.86 bits per heavy atom. The third-order valence-electron chi connectivity index (χ3n) is 3.09. The van der Waals surface area contributed by atoms with Gasteiger partial charge in [0.15, 0.2) is 0 Å². The minimum Gasteiger partial charge on any atom is -0.387 e. The fourth-order valence-corrected chi connectivity index (χ4v) is 1.92. The number of nitrogens with one attached hydrogen (secondary N) is 2. The van der Waals surface area contributed by atoms with Gasteiger partial charge in [-0.2, -0.15) is 0 Å². The number of rotatable bonds is 8. The Kier molecular flexibility index (Phi) is 6.12. The van der Waals surface area contributed by atoms with Crippen molar-refractivity contribution in [2.24, 2.45) is 0 Å². The molecule has 1 aromatic carbocycles. The van der Waals surface area contributed by atoms with Gasteiger partial charge in [0, 0.05) is 37.6 Å². The predicted molar refractivity (Wildman–Crippen MR) is 83.9 cm³/mol. The van der Waals surface area contributed by atoms with E-state index in [0.717, 1.165) is 24.1 Å². The van der Waals surface area contributed by atoms with Crippen molar-refractivity contribution >= 4 is 5.95 Å². The van der Waals surface area contributed by atoms with Crippen molar-refractivity contribution in [2.45, 2.75) is 26.0 Å². The lowest BCUT2D eigenvalue weighted by Gasteiger charge is -2.12. The van der Waals surface area contributed by atoms with E-state index in [0.29, 0.717) is 19.0 Å². The van der Waals surface area contributed by atoms with Gasteiger partial charge in [-0.15, -0.1) is 0 Å². The predicted octanol–water partition coefficient (Wildman–Crippen LogP) is 2.12. The van der Waals surface area contributed by atoms with E-state index in [9.17, 15) is 5.11 Å². The molecule has 0 bridgehead atoms. The summed E-state index contributed by atoms with van der Waals surface area (Å²) in [6.07, 6.45) is 4.14. The van der Waals surface area contributed by atoms with E-state index in [1.54, 1.807) is 12.4 Å². The molecule has 0 fully saturated rings. The zero-order valence-electron chi connectivity index (χ0n) is 12.3. The molecule has 0 saturated heterocycles. The van der Waals surface area contributed by atoms with Crippen molar-refractivity contribution in [3.63, 3.8) is 0 Å². The van der Waals surface area contributed by atoms with Gasteiger partial charge < -0.3 is 15.7 Å². The van der Waals surface area contributed by atoms with Crippen molar-refractivity contribution in [1.82, 2.24) is 15.3 Å². The first-order valence-electron chi connectivity index (χ1n) is 7.28. The van der Waals surface area contributed by atoms with Gasteiger partial charge in [0.2, 0.25) is 5.95 Å². The quantitative estimate of drug-likeness (QED) is 0.693. The summed E-state index contributed by atoms with van der Waals surface area (Å²) in [5.41, 5.74) is 1.91. The number of anilines is 1. The molecule has 1 heterocycles. The number of hydrogen-bond donors (Lipinski definition) is 3. The highest BCUT2D eigenvalue weighted by molar-refractivity contribution is 5.24. The first-order chi connectivity index (χ1) is 10.3. The molecule has 0 spiro atoms. The van der Waals surface area contributed by atoms with Crippen molar-refractivity contribution in [3.8, 4) is 0 Å². The summed E-state index contributed by atoms with van der Waals surface area (Å²) < 4.78 is 0. The highest BCUT2D eigenvalue weighted by atomic mass is 16.3. The van der Waals surface area contributed by atoms with Gasteiger partial charge >= 0.3 is 0 Å². The first-order valence-corrected chi connectivity index (χ1v) is 7.28. The average Bonchev–Trinajstić information content (AvgIpc) is 2.55. The minimum atomic E-state index is -0.502. The fraction of sp³-hybridized carbons (Fsp3) is 0.375. The van der Waals surface area contributed by atoms with Gasteiger partial charge in [0.05, 0.1) is 6.10 Å². The summed E-state index contributed by atoms with van der Waals surface area (Å²) >= 11 is 0. The van der Waals surface area contributed by atoms with Crippen LogP contribution in [0.2, 0.25) is 0 Å². The zero-order chi connectivity index (χ0) is 14.9. The van der Waals surface area contributed by atoms with E-state index >= 15 is 0 Å². The van der Waals surface area contributed by atoms with Gasteiger partial charge in [0.25, 0.3) is 0 Å². The van der Waals surface area contributed by atoms with Crippen molar-refractivity contribution in [1.29, 1.82) is 0 Å². The topological polar surface area (TPSA) is 70.1 Å². The van der Waals surface area contributed by atoms with Crippen molar-refractivity contribution < 1.29 is 5.11 Å². The Hall–Kier alpha value is -1.98. The molecule has 0 amide bonds. The molecule has 0 radical (unpaired) electrons.